The van der Waals surface area contributed by atoms with Gasteiger partial charge in [0, 0.05) is 22.2 Å². The minimum absolute atomic E-state index is 0.254. The molecule has 0 aromatic heterocycles. The van der Waals surface area contributed by atoms with Crippen molar-refractivity contribution in [3.8, 4) is 0 Å². The Morgan fingerprint density at radius 3 is 2.85 bits per heavy atom. The van der Waals surface area contributed by atoms with Crippen LogP contribution in [0.2, 0.25) is 10.0 Å². The Balaban J connectivity index is 1.91. The third-order valence-corrected chi connectivity index (χ3v) is 5.41. The molecule has 3 aliphatic heterocycles. The first-order valence-electron chi connectivity index (χ1n) is 8.05. The van der Waals surface area contributed by atoms with E-state index < -0.39 is 29.8 Å². The SMILES string of the molecule is COC1=CC(=O)OC1C1(c2ccc(Cl)cc2Cl)OOC(=O)[C@@H]2CCCN21. The van der Waals surface area contributed by atoms with Crippen molar-refractivity contribution in [2.24, 2.45) is 0 Å². The first-order chi connectivity index (χ1) is 12.5. The van der Waals surface area contributed by atoms with Gasteiger partial charge in [0.05, 0.1) is 13.2 Å². The molecule has 4 rings (SSSR count). The van der Waals surface area contributed by atoms with E-state index in [0.29, 0.717) is 28.6 Å². The number of nitrogens with zero attached hydrogens (tertiary/aromatic N) is 1. The number of ether oxygens (including phenoxy) is 2. The van der Waals surface area contributed by atoms with Crippen molar-refractivity contribution in [2.75, 3.05) is 13.7 Å². The Hall–Kier alpha value is -1.80. The second kappa shape index (κ2) is 6.42. The number of cyclic esters (lactones) is 1. The van der Waals surface area contributed by atoms with E-state index in [4.69, 9.17) is 42.5 Å². The van der Waals surface area contributed by atoms with Gasteiger partial charge in [-0.05, 0) is 25.0 Å². The molecule has 0 aliphatic carbocycles. The van der Waals surface area contributed by atoms with Crippen molar-refractivity contribution >= 4 is 35.1 Å². The molecule has 1 aromatic carbocycles. The molecule has 0 N–H and O–H groups in total. The molecular weight excluding hydrogens is 385 g/mol. The maximum absolute atomic E-state index is 12.2. The van der Waals surface area contributed by atoms with Crippen molar-refractivity contribution < 1.29 is 28.8 Å². The molecule has 3 heterocycles. The van der Waals surface area contributed by atoms with Gasteiger partial charge in [0.1, 0.15) is 11.8 Å². The fraction of sp³-hybridized carbons (Fsp3) is 0.412. The molecule has 3 aliphatic rings. The van der Waals surface area contributed by atoms with Gasteiger partial charge in [-0.15, -0.1) is 0 Å². The number of halogens is 2. The van der Waals surface area contributed by atoms with Crippen LogP contribution in [0.4, 0.5) is 0 Å². The minimum Gasteiger partial charge on any atom is -0.497 e. The molecule has 1 aromatic rings. The Bertz CT molecular complexity index is 812. The minimum atomic E-state index is -1.47. The summed E-state index contributed by atoms with van der Waals surface area (Å²) in [6.45, 7) is 0.532. The van der Waals surface area contributed by atoms with E-state index in [2.05, 4.69) is 0 Å². The number of fused-ring (bicyclic) bond motifs is 1. The molecule has 0 saturated carbocycles. The molecule has 2 unspecified atom stereocenters. The van der Waals surface area contributed by atoms with Crippen molar-refractivity contribution in [1.82, 2.24) is 4.90 Å². The summed E-state index contributed by atoms with van der Waals surface area (Å²) >= 11 is 12.5. The summed E-state index contributed by atoms with van der Waals surface area (Å²) in [5.41, 5.74) is -1.00. The number of carbonyl (C=O) groups excluding carboxylic acids is 2. The molecule has 0 bridgehead atoms. The molecular formula is C17H15Cl2NO6. The van der Waals surface area contributed by atoms with Gasteiger partial charge >= 0.3 is 11.9 Å². The van der Waals surface area contributed by atoms with Crippen LogP contribution in [0.15, 0.2) is 30.0 Å². The maximum atomic E-state index is 12.2. The zero-order valence-corrected chi connectivity index (χ0v) is 15.2. The van der Waals surface area contributed by atoms with Gasteiger partial charge in [-0.2, -0.15) is 4.89 Å². The summed E-state index contributed by atoms with van der Waals surface area (Å²) in [4.78, 5) is 36.6. The number of esters is 1. The van der Waals surface area contributed by atoms with Crippen LogP contribution in [-0.2, 0) is 34.6 Å². The molecule has 3 atom stereocenters. The second-order valence-electron chi connectivity index (χ2n) is 6.23. The van der Waals surface area contributed by atoms with Crippen molar-refractivity contribution in [3.63, 3.8) is 0 Å². The molecule has 0 amide bonds. The average molecular weight is 400 g/mol. The van der Waals surface area contributed by atoms with Crippen LogP contribution in [0.3, 0.4) is 0 Å². The molecule has 9 heteroatoms. The highest BCUT2D eigenvalue weighted by Gasteiger charge is 2.63. The highest BCUT2D eigenvalue weighted by Crippen LogP contribution is 2.49. The quantitative estimate of drug-likeness (QED) is 0.570. The van der Waals surface area contributed by atoms with E-state index in [1.54, 1.807) is 18.2 Å². The van der Waals surface area contributed by atoms with Crippen LogP contribution >= 0.6 is 23.2 Å². The molecule has 138 valence electrons. The highest BCUT2D eigenvalue weighted by atomic mass is 35.5. The first kappa shape index (κ1) is 17.6. The van der Waals surface area contributed by atoms with Gasteiger partial charge in [-0.1, -0.05) is 29.3 Å². The predicted molar refractivity (Wildman–Crippen MR) is 90.0 cm³/mol. The topological polar surface area (TPSA) is 74.3 Å². The van der Waals surface area contributed by atoms with E-state index in [-0.39, 0.29) is 5.76 Å². The Labute approximate surface area is 159 Å². The second-order valence-corrected chi connectivity index (χ2v) is 7.07. The molecule has 26 heavy (non-hydrogen) atoms. The summed E-state index contributed by atoms with van der Waals surface area (Å²) in [6, 6.07) is 4.33. The smallest absolute Gasteiger partial charge is 0.359 e. The summed E-state index contributed by atoms with van der Waals surface area (Å²) < 4.78 is 10.8. The molecule has 0 radical (unpaired) electrons. The van der Waals surface area contributed by atoms with Gasteiger partial charge in [-0.3, -0.25) is 9.79 Å². The van der Waals surface area contributed by atoms with Crippen LogP contribution in [0.25, 0.3) is 0 Å². The summed E-state index contributed by atoms with van der Waals surface area (Å²) in [5, 5.41) is 0.727. The van der Waals surface area contributed by atoms with Crippen LogP contribution in [0, 0.1) is 0 Å². The number of methoxy groups -OCH3 is 1. The van der Waals surface area contributed by atoms with Crippen molar-refractivity contribution in [1.29, 1.82) is 0 Å². The van der Waals surface area contributed by atoms with Gasteiger partial charge in [-0.25, -0.2) is 9.59 Å². The fourth-order valence-corrected chi connectivity index (χ4v) is 4.32. The van der Waals surface area contributed by atoms with E-state index in [0.717, 1.165) is 6.42 Å². The Morgan fingerprint density at radius 2 is 2.12 bits per heavy atom. The van der Waals surface area contributed by atoms with Gasteiger partial charge in [0.2, 0.25) is 11.8 Å². The third kappa shape index (κ3) is 2.50. The van der Waals surface area contributed by atoms with Gasteiger partial charge in [0.15, 0.2) is 0 Å². The molecule has 7 nitrogen and oxygen atoms in total. The Morgan fingerprint density at radius 1 is 1.31 bits per heavy atom. The number of hydrogen-bond acceptors (Lipinski definition) is 7. The normalized spacial score (nSPS) is 31.3. The standard InChI is InChI=1S/C17H15Cl2NO6/c1-23-13-8-14(21)24-15(13)17(10-5-4-9(18)7-11(10)19)20-6-2-3-12(20)16(22)25-26-17/h4-5,7-8,12,15H,2-3,6H2,1H3/t12-,15?,17?/m0/s1. The molecule has 2 fully saturated rings. The number of benzene rings is 1. The van der Waals surface area contributed by atoms with Crippen molar-refractivity contribution in [2.45, 2.75) is 30.7 Å². The summed E-state index contributed by atoms with van der Waals surface area (Å²) in [6.07, 6.45) is 1.60. The lowest BCUT2D eigenvalue weighted by atomic mass is 9.92. The average Bonchev–Trinajstić information content (AvgIpc) is 3.24. The summed E-state index contributed by atoms with van der Waals surface area (Å²) in [5.74, 6) is -0.812. The number of hydrogen-bond donors (Lipinski definition) is 0. The van der Waals surface area contributed by atoms with E-state index in [9.17, 15) is 9.59 Å². The van der Waals surface area contributed by atoms with Crippen LogP contribution in [-0.4, -0.2) is 42.6 Å². The first-order valence-corrected chi connectivity index (χ1v) is 8.81. The predicted octanol–water partition coefficient (Wildman–Crippen LogP) is 2.55. The van der Waals surface area contributed by atoms with Gasteiger partial charge in [0.25, 0.3) is 0 Å². The number of carbonyl (C=O) groups is 2. The monoisotopic (exact) mass is 399 g/mol. The van der Waals surface area contributed by atoms with E-state index in [1.807, 2.05) is 4.90 Å². The number of rotatable bonds is 3. The highest BCUT2D eigenvalue weighted by molar-refractivity contribution is 6.35. The zero-order chi connectivity index (χ0) is 18.5. The van der Waals surface area contributed by atoms with Gasteiger partial charge < -0.3 is 9.47 Å². The Kier molecular flexibility index (Phi) is 4.35. The van der Waals surface area contributed by atoms with Crippen LogP contribution in [0.1, 0.15) is 18.4 Å². The lowest BCUT2D eigenvalue weighted by Gasteiger charge is -2.47. The van der Waals surface area contributed by atoms with Crippen LogP contribution < -0.4 is 0 Å². The lowest BCUT2D eigenvalue weighted by Crippen LogP contribution is -2.63. The molecule has 2 saturated heterocycles. The largest absolute Gasteiger partial charge is 0.497 e. The van der Waals surface area contributed by atoms with Crippen LogP contribution in [0.5, 0.6) is 0 Å². The molecule has 0 spiro atoms. The zero-order valence-electron chi connectivity index (χ0n) is 13.7. The third-order valence-electron chi connectivity index (χ3n) is 4.86. The van der Waals surface area contributed by atoms with E-state index >= 15 is 0 Å². The maximum Gasteiger partial charge on any atom is 0.359 e. The van der Waals surface area contributed by atoms with E-state index in [1.165, 1.54) is 13.2 Å². The summed E-state index contributed by atoms with van der Waals surface area (Å²) in [7, 11) is 1.42. The van der Waals surface area contributed by atoms with Crippen molar-refractivity contribution in [3.05, 3.63) is 45.6 Å². The fourth-order valence-electron chi connectivity index (χ4n) is 3.77. The lowest BCUT2D eigenvalue weighted by molar-refractivity contribution is -0.418.